The number of benzene rings is 1. The van der Waals surface area contributed by atoms with Crippen molar-refractivity contribution in [3.8, 4) is 5.69 Å². The second-order valence-corrected chi connectivity index (χ2v) is 6.01. The zero-order valence-electron chi connectivity index (χ0n) is 12.0. The number of para-hydroxylation sites is 1. The molecular weight excluding hydrogens is 264 g/mol. The lowest BCUT2D eigenvalue weighted by atomic mass is 10.1. The summed E-state index contributed by atoms with van der Waals surface area (Å²) in [6.45, 7) is 3.40. The fraction of sp³-hybridized carbons (Fsp3) is 0.533. The molecule has 2 fully saturated rings. The molecule has 1 aliphatic carbocycles. The Labute approximate surface area is 124 Å². The van der Waals surface area contributed by atoms with Gasteiger partial charge in [-0.25, -0.2) is 0 Å². The number of tetrazole rings is 1. The first-order chi connectivity index (χ1) is 10.4. The molecular formula is C15H20N6. The lowest BCUT2D eigenvalue weighted by molar-refractivity contribution is 0.316. The molecule has 2 aromatic rings. The molecule has 6 heteroatoms. The molecule has 4 rings (SSSR count). The number of nitrogens with one attached hydrogen (secondary N) is 1. The fourth-order valence-electron chi connectivity index (χ4n) is 3.08. The normalized spacial score (nSPS) is 22.6. The summed E-state index contributed by atoms with van der Waals surface area (Å²) in [6.07, 6.45) is 4.06. The van der Waals surface area contributed by atoms with Crippen molar-refractivity contribution >= 4 is 5.95 Å². The van der Waals surface area contributed by atoms with E-state index in [-0.39, 0.29) is 0 Å². The number of hydrogen-bond donors (Lipinski definition) is 1. The standard InChI is InChI=1S/C15H20N6/c1-2-4-14(5-3-1)21-15(17-18-19-21)16-10-12-8-9-20(11-12)13-6-7-13/h1-5,12-13H,6-11H2,(H,16,17,19). The molecule has 21 heavy (non-hydrogen) atoms. The van der Waals surface area contributed by atoms with Gasteiger partial charge in [0.25, 0.3) is 0 Å². The van der Waals surface area contributed by atoms with Crippen molar-refractivity contribution in [3.63, 3.8) is 0 Å². The number of anilines is 1. The predicted molar refractivity (Wildman–Crippen MR) is 80.3 cm³/mol. The Morgan fingerprint density at radius 2 is 2.00 bits per heavy atom. The van der Waals surface area contributed by atoms with Crippen molar-refractivity contribution in [3.05, 3.63) is 30.3 Å². The van der Waals surface area contributed by atoms with Crippen LogP contribution in [0.15, 0.2) is 30.3 Å². The highest BCUT2D eigenvalue weighted by molar-refractivity contribution is 5.38. The molecule has 6 nitrogen and oxygen atoms in total. The maximum absolute atomic E-state index is 4.10. The van der Waals surface area contributed by atoms with Gasteiger partial charge in [0, 0.05) is 19.1 Å². The molecule has 0 radical (unpaired) electrons. The van der Waals surface area contributed by atoms with Crippen LogP contribution in [0.1, 0.15) is 19.3 Å². The van der Waals surface area contributed by atoms with Gasteiger partial charge in [-0.2, -0.15) is 4.68 Å². The SMILES string of the molecule is c1ccc(-n2nnnc2NCC2CCN(C3CC3)C2)cc1. The Balaban J connectivity index is 1.38. The second-order valence-electron chi connectivity index (χ2n) is 6.01. The van der Waals surface area contributed by atoms with Gasteiger partial charge in [0.05, 0.1) is 5.69 Å². The lowest BCUT2D eigenvalue weighted by Crippen LogP contribution is -2.25. The van der Waals surface area contributed by atoms with E-state index < -0.39 is 0 Å². The summed E-state index contributed by atoms with van der Waals surface area (Å²) in [7, 11) is 0. The van der Waals surface area contributed by atoms with Gasteiger partial charge in [-0.15, -0.1) is 0 Å². The van der Waals surface area contributed by atoms with E-state index in [1.807, 2.05) is 30.3 Å². The van der Waals surface area contributed by atoms with Crippen molar-refractivity contribution in [1.29, 1.82) is 0 Å². The van der Waals surface area contributed by atoms with E-state index in [0.717, 1.165) is 24.2 Å². The molecule has 1 N–H and O–H groups in total. The molecule has 1 unspecified atom stereocenters. The van der Waals surface area contributed by atoms with E-state index in [2.05, 4.69) is 25.7 Å². The lowest BCUT2D eigenvalue weighted by Gasteiger charge is -2.15. The average molecular weight is 284 g/mol. The summed E-state index contributed by atoms with van der Waals surface area (Å²) in [5, 5.41) is 15.4. The quantitative estimate of drug-likeness (QED) is 0.903. The van der Waals surface area contributed by atoms with Gasteiger partial charge >= 0.3 is 0 Å². The monoisotopic (exact) mass is 284 g/mol. The van der Waals surface area contributed by atoms with E-state index >= 15 is 0 Å². The van der Waals surface area contributed by atoms with Gasteiger partial charge in [0.1, 0.15) is 0 Å². The van der Waals surface area contributed by atoms with Crippen LogP contribution in [0.3, 0.4) is 0 Å². The smallest absolute Gasteiger partial charge is 0.247 e. The molecule has 1 saturated carbocycles. The maximum Gasteiger partial charge on any atom is 0.247 e. The predicted octanol–water partition coefficient (Wildman–Crippen LogP) is 1.56. The molecule has 0 spiro atoms. The fourth-order valence-corrected chi connectivity index (χ4v) is 3.08. The number of likely N-dealkylation sites (tertiary alicyclic amines) is 1. The van der Waals surface area contributed by atoms with Crippen LogP contribution >= 0.6 is 0 Å². The van der Waals surface area contributed by atoms with Gasteiger partial charge in [0.15, 0.2) is 0 Å². The van der Waals surface area contributed by atoms with Crippen LogP contribution in [0.5, 0.6) is 0 Å². The number of hydrogen-bond acceptors (Lipinski definition) is 5. The Bertz CT molecular complexity index is 591. The van der Waals surface area contributed by atoms with Crippen LogP contribution in [0.4, 0.5) is 5.95 Å². The van der Waals surface area contributed by atoms with E-state index in [1.54, 1.807) is 4.68 Å². The molecule has 2 aliphatic rings. The van der Waals surface area contributed by atoms with Gasteiger partial charge in [-0.1, -0.05) is 23.3 Å². The van der Waals surface area contributed by atoms with Gasteiger partial charge in [0.2, 0.25) is 5.95 Å². The Morgan fingerprint density at radius 1 is 1.14 bits per heavy atom. The van der Waals surface area contributed by atoms with Gasteiger partial charge in [-0.3, -0.25) is 0 Å². The summed E-state index contributed by atoms with van der Waals surface area (Å²) >= 11 is 0. The molecule has 0 bridgehead atoms. The molecule has 1 aliphatic heterocycles. The topological polar surface area (TPSA) is 58.9 Å². The zero-order chi connectivity index (χ0) is 14.1. The van der Waals surface area contributed by atoms with Crippen molar-refractivity contribution < 1.29 is 0 Å². The highest BCUT2D eigenvalue weighted by atomic mass is 15.6. The highest BCUT2D eigenvalue weighted by Gasteiger charge is 2.34. The van der Waals surface area contributed by atoms with Crippen LogP contribution in [-0.2, 0) is 0 Å². The number of nitrogens with zero attached hydrogens (tertiary/aromatic N) is 5. The molecule has 2 heterocycles. The first-order valence-electron chi connectivity index (χ1n) is 7.72. The average Bonchev–Trinajstić information content (AvgIpc) is 3.10. The van der Waals surface area contributed by atoms with E-state index in [9.17, 15) is 0 Å². The van der Waals surface area contributed by atoms with Crippen molar-refractivity contribution in [2.75, 3.05) is 25.0 Å². The van der Waals surface area contributed by atoms with Crippen LogP contribution in [-0.4, -0.2) is 50.8 Å². The third kappa shape index (κ3) is 2.76. The maximum atomic E-state index is 4.10. The largest absolute Gasteiger partial charge is 0.352 e. The minimum atomic E-state index is 0.700. The summed E-state index contributed by atoms with van der Waals surface area (Å²) in [5.41, 5.74) is 0.982. The third-order valence-corrected chi connectivity index (χ3v) is 4.40. The summed E-state index contributed by atoms with van der Waals surface area (Å²) in [5.74, 6) is 1.43. The summed E-state index contributed by atoms with van der Waals surface area (Å²) in [4.78, 5) is 2.63. The Hall–Kier alpha value is -1.95. The Morgan fingerprint density at radius 3 is 2.81 bits per heavy atom. The molecule has 1 aromatic carbocycles. The van der Waals surface area contributed by atoms with Gasteiger partial charge < -0.3 is 10.2 Å². The van der Waals surface area contributed by atoms with Crippen LogP contribution in [0.2, 0.25) is 0 Å². The molecule has 110 valence electrons. The summed E-state index contributed by atoms with van der Waals surface area (Å²) < 4.78 is 1.76. The number of rotatable bonds is 5. The first-order valence-corrected chi connectivity index (χ1v) is 7.72. The van der Waals surface area contributed by atoms with E-state index in [1.165, 1.54) is 32.4 Å². The summed E-state index contributed by atoms with van der Waals surface area (Å²) in [6, 6.07) is 10.9. The number of aromatic nitrogens is 4. The zero-order valence-corrected chi connectivity index (χ0v) is 12.0. The molecule has 1 atom stereocenters. The van der Waals surface area contributed by atoms with Crippen molar-refractivity contribution in [2.45, 2.75) is 25.3 Å². The molecule has 1 aromatic heterocycles. The van der Waals surface area contributed by atoms with Crippen LogP contribution < -0.4 is 5.32 Å². The minimum Gasteiger partial charge on any atom is -0.352 e. The van der Waals surface area contributed by atoms with Gasteiger partial charge in [-0.05, 0) is 54.3 Å². The highest BCUT2D eigenvalue weighted by Crippen LogP contribution is 2.31. The minimum absolute atomic E-state index is 0.700. The first kappa shape index (κ1) is 12.8. The second kappa shape index (κ2) is 5.44. The van der Waals surface area contributed by atoms with E-state index in [4.69, 9.17) is 0 Å². The van der Waals surface area contributed by atoms with E-state index in [0.29, 0.717) is 5.92 Å². The van der Waals surface area contributed by atoms with Crippen LogP contribution in [0.25, 0.3) is 5.69 Å². The van der Waals surface area contributed by atoms with Crippen molar-refractivity contribution in [1.82, 2.24) is 25.1 Å². The van der Waals surface area contributed by atoms with Crippen molar-refractivity contribution in [2.24, 2.45) is 5.92 Å². The third-order valence-electron chi connectivity index (χ3n) is 4.40. The van der Waals surface area contributed by atoms with Crippen LogP contribution in [0, 0.1) is 5.92 Å². The molecule has 0 amide bonds. The Kier molecular flexibility index (Phi) is 3.31. The molecule has 1 saturated heterocycles.